The number of nitrogens with two attached hydrogens (primary N) is 1. The highest BCUT2D eigenvalue weighted by Gasteiger charge is 2.32. The second kappa shape index (κ2) is 5.66. The van der Waals surface area contributed by atoms with Gasteiger partial charge in [0.2, 0.25) is 0 Å². The summed E-state index contributed by atoms with van der Waals surface area (Å²) >= 11 is 0. The second-order valence-electron chi connectivity index (χ2n) is 5.08. The molecule has 1 atom stereocenters. The number of hydrogen-bond donors (Lipinski definition) is 1. The van der Waals surface area contributed by atoms with Crippen molar-refractivity contribution in [1.82, 2.24) is 0 Å². The lowest BCUT2D eigenvalue weighted by atomic mass is 10.0. The van der Waals surface area contributed by atoms with Gasteiger partial charge in [-0.25, -0.2) is 0 Å². The van der Waals surface area contributed by atoms with E-state index in [1.165, 1.54) is 11.1 Å². The van der Waals surface area contributed by atoms with Crippen molar-refractivity contribution in [1.29, 1.82) is 0 Å². The van der Waals surface area contributed by atoms with Crippen LogP contribution < -0.4 is 20.1 Å². The van der Waals surface area contributed by atoms with Crippen LogP contribution >= 0.6 is 0 Å². The van der Waals surface area contributed by atoms with Crippen LogP contribution in [0.3, 0.4) is 0 Å². The highest BCUT2D eigenvalue weighted by atomic mass is 16.5. The summed E-state index contributed by atoms with van der Waals surface area (Å²) in [5.74, 6) is 1.78. The standard InChI is InChI=1S/C17H20N2O2/c1-20-16-9-5-6-12-13(16)11-19(15(12)10-18)14-7-3-4-8-17(14)21-2/h3-9,15H,10-11,18H2,1-2H3. The van der Waals surface area contributed by atoms with Crippen molar-refractivity contribution in [3.8, 4) is 11.5 Å². The summed E-state index contributed by atoms with van der Waals surface area (Å²) in [6.07, 6.45) is 0. The minimum absolute atomic E-state index is 0.145. The zero-order valence-electron chi connectivity index (χ0n) is 12.4. The lowest BCUT2D eigenvalue weighted by molar-refractivity contribution is 0.409. The average Bonchev–Trinajstić information content (AvgIpc) is 2.93. The average molecular weight is 284 g/mol. The van der Waals surface area contributed by atoms with Crippen LogP contribution in [0.5, 0.6) is 11.5 Å². The lowest BCUT2D eigenvalue weighted by Gasteiger charge is -2.27. The molecule has 1 unspecified atom stereocenters. The smallest absolute Gasteiger partial charge is 0.142 e. The van der Waals surface area contributed by atoms with Gasteiger partial charge in [0, 0.05) is 18.7 Å². The number of rotatable bonds is 4. The van der Waals surface area contributed by atoms with Gasteiger partial charge in [0.05, 0.1) is 25.9 Å². The number of anilines is 1. The number of benzene rings is 2. The monoisotopic (exact) mass is 284 g/mol. The first-order chi connectivity index (χ1) is 10.3. The van der Waals surface area contributed by atoms with Crippen LogP contribution in [-0.4, -0.2) is 20.8 Å². The Morgan fingerprint density at radius 2 is 1.76 bits per heavy atom. The van der Waals surface area contributed by atoms with Gasteiger partial charge in [-0.05, 0) is 23.8 Å². The van der Waals surface area contributed by atoms with Crippen LogP contribution in [-0.2, 0) is 6.54 Å². The van der Waals surface area contributed by atoms with Gasteiger partial charge >= 0.3 is 0 Å². The molecule has 0 amide bonds. The van der Waals surface area contributed by atoms with Crippen LogP contribution in [0.1, 0.15) is 17.2 Å². The predicted octanol–water partition coefficient (Wildman–Crippen LogP) is 2.72. The van der Waals surface area contributed by atoms with Crippen LogP contribution in [0.4, 0.5) is 5.69 Å². The maximum absolute atomic E-state index is 6.04. The van der Waals surface area contributed by atoms with E-state index in [4.69, 9.17) is 15.2 Å². The third-order valence-corrected chi connectivity index (χ3v) is 4.07. The molecule has 1 aliphatic heterocycles. The van der Waals surface area contributed by atoms with E-state index in [9.17, 15) is 0 Å². The predicted molar refractivity (Wildman–Crippen MR) is 84.0 cm³/mol. The fourth-order valence-corrected chi connectivity index (χ4v) is 3.08. The molecule has 0 spiro atoms. The third kappa shape index (κ3) is 2.21. The van der Waals surface area contributed by atoms with Gasteiger partial charge in [-0.15, -0.1) is 0 Å². The molecule has 4 heteroatoms. The lowest BCUT2D eigenvalue weighted by Crippen LogP contribution is -2.28. The minimum atomic E-state index is 0.145. The SMILES string of the molecule is COc1ccccc1N1Cc2c(OC)cccc2C1CN. The van der Waals surface area contributed by atoms with E-state index in [-0.39, 0.29) is 6.04 Å². The van der Waals surface area contributed by atoms with Gasteiger partial charge < -0.3 is 20.1 Å². The zero-order valence-corrected chi connectivity index (χ0v) is 12.4. The number of fused-ring (bicyclic) bond motifs is 1. The Bertz CT molecular complexity index is 642. The quantitative estimate of drug-likeness (QED) is 0.938. The summed E-state index contributed by atoms with van der Waals surface area (Å²) in [5, 5.41) is 0. The Hall–Kier alpha value is -2.20. The number of para-hydroxylation sites is 2. The van der Waals surface area contributed by atoms with Crippen molar-refractivity contribution < 1.29 is 9.47 Å². The molecule has 21 heavy (non-hydrogen) atoms. The zero-order chi connectivity index (χ0) is 14.8. The van der Waals surface area contributed by atoms with Crippen LogP contribution in [0, 0.1) is 0 Å². The van der Waals surface area contributed by atoms with E-state index >= 15 is 0 Å². The molecule has 2 aromatic carbocycles. The van der Waals surface area contributed by atoms with E-state index in [1.807, 2.05) is 30.3 Å². The molecule has 0 fully saturated rings. The number of ether oxygens (including phenoxy) is 2. The molecular weight excluding hydrogens is 264 g/mol. The first-order valence-electron chi connectivity index (χ1n) is 7.05. The molecule has 0 saturated carbocycles. The molecule has 2 N–H and O–H groups in total. The highest BCUT2D eigenvalue weighted by Crippen LogP contribution is 2.43. The maximum atomic E-state index is 6.04. The Balaban J connectivity index is 2.06. The number of methoxy groups -OCH3 is 2. The van der Waals surface area contributed by atoms with Crippen LogP contribution in [0.2, 0.25) is 0 Å². The normalized spacial score (nSPS) is 16.7. The van der Waals surface area contributed by atoms with E-state index < -0.39 is 0 Å². The molecule has 1 heterocycles. The summed E-state index contributed by atoms with van der Waals surface area (Å²) in [5.41, 5.74) is 9.55. The first kappa shape index (κ1) is 13.8. The molecule has 0 aliphatic carbocycles. The van der Waals surface area contributed by atoms with Gasteiger partial charge in [0.1, 0.15) is 11.5 Å². The molecule has 1 aliphatic rings. The molecule has 4 nitrogen and oxygen atoms in total. The van der Waals surface area contributed by atoms with Gasteiger partial charge in [0.15, 0.2) is 0 Å². The Morgan fingerprint density at radius 3 is 2.48 bits per heavy atom. The summed E-state index contributed by atoms with van der Waals surface area (Å²) < 4.78 is 11.0. The van der Waals surface area contributed by atoms with Crippen molar-refractivity contribution in [2.75, 3.05) is 25.7 Å². The molecule has 0 radical (unpaired) electrons. The van der Waals surface area contributed by atoms with E-state index in [0.29, 0.717) is 6.54 Å². The highest BCUT2D eigenvalue weighted by molar-refractivity contribution is 5.64. The van der Waals surface area contributed by atoms with E-state index in [1.54, 1.807) is 14.2 Å². The number of nitrogens with zero attached hydrogens (tertiary/aromatic N) is 1. The molecule has 0 aromatic heterocycles. The van der Waals surface area contributed by atoms with Crippen LogP contribution in [0.25, 0.3) is 0 Å². The topological polar surface area (TPSA) is 47.7 Å². The molecule has 110 valence electrons. The van der Waals surface area contributed by atoms with Gasteiger partial charge in [-0.3, -0.25) is 0 Å². The summed E-state index contributed by atoms with van der Waals surface area (Å²) in [7, 11) is 3.40. The van der Waals surface area contributed by atoms with Gasteiger partial charge in [-0.2, -0.15) is 0 Å². The van der Waals surface area contributed by atoms with E-state index in [0.717, 1.165) is 23.7 Å². The number of hydrogen-bond acceptors (Lipinski definition) is 4. The largest absolute Gasteiger partial charge is 0.496 e. The molecule has 0 bridgehead atoms. The van der Waals surface area contributed by atoms with Crippen molar-refractivity contribution in [2.24, 2.45) is 5.73 Å². The fraction of sp³-hybridized carbons (Fsp3) is 0.294. The molecular formula is C17H20N2O2. The van der Waals surface area contributed by atoms with Gasteiger partial charge in [0.25, 0.3) is 0 Å². The van der Waals surface area contributed by atoms with Crippen molar-refractivity contribution >= 4 is 5.69 Å². The van der Waals surface area contributed by atoms with E-state index in [2.05, 4.69) is 17.0 Å². The Labute approximate surface area is 125 Å². The van der Waals surface area contributed by atoms with Crippen molar-refractivity contribution in [3.63, 3.8) is 0 Å². The Kier molecular flexibility index (Phi) is 3.71. The minimum Gasteiger partial charge on any atom is -0.496 e. The Morgan fingerprint density at radius 1 is 1.05 bits per heavy atom. The second-order valence-corrected chi connectivity index (χ2v) is 5.08. The molecule has 3 rings (SSSR count). The maximum Gasteiger partial charge on any atom is 0.142 e. The van der Waals surface area contributed by atoms with Gasteiger partial charge in [-0.1, -0.05) is 24.3 Å². The van der Waals surface area contributed by atoms with Crippen molar-refractivity contribution in [2.45, 2.75) is 12.6 Å². The van der Waals surface area contributed by atoms with Crippen molar-refractivity contribution in [3.05, 3.63) is 53.6 Å². The molecule has 0 saturated heterocycles. The summed E-state index contributed by atoms with van der Waals surface area (Å²) in [4.78, 5) is 2.28. The fourth-order valence-electron chi connectivity index (χ4n) is 3.08. The summed E-state index contributed by atoms with van der Waals surface area (Å²) in [6, 6.07) is 14.3. The van der Waals surface area contributed by atoms with Crippen LogP contribution in [0.15, 0.2) is 42.5 Å². The third-order valence-electron chi connectivity index (χ3n) is 4.07. The first-order valence-corrected chi connectivity index (χ1v) is 7.05. The molecule has 2 aromatic rings. The summed E-state index contributed by atoms with van der Waals surface area (Å²) in [6.45, 7) is 1.33.